The van der Waals surface area contributed by atoms with Crippen molar-refractivity contribution in [3.05, 3.63) is 19.8 Å². The van der Waals surface area contributed by atoms with Crippen molar-refractivity contribution < 1.29 is 0 Å². The van der Waals surface area contributed by atoms with Crippen molar-refractivity contribution in [1.29, 1.82) is 0 Å². The first-order chi connectivity index (χ1) is 8.69. The Balaban J connectivity index is 1.88. The third-order valence-electron chi connectivity index (χ3n) is 3.41. The quantitative estimate of drug-likeness (QED) is 0.858. The minimum Gasteiger partial charge on any atom is -0.313 e. The first-order valence-electron chi connectivity index (χ1n) is 6.58. The number of nitrogens with one attached hydrogen (secondary N) is 1. The molecule has 0 spiro atoms. The van der Waals surface area contributed by atoms with Crippen LogP contribution in [0.4, 0.5) is 0 Å². The van der Waals surface area contributed by atoms with Gasteiger partial charge in [-0.05, 0) is 47.9 Å². The van der Waals surface area contributed by atoms with Gasteiger partial charge in [0.15, 0.2) is 0 Å². The Morgan fingerprint density at radius 2 is 2.39 bits per heavy atom. The molecular weight excluding hydrogens is 332 g/mol. The maximum absolute atomic E-state index is 6.09. The van der Waals surface area contributed by atoms with E-state index in [9.17, 15) is 0 Å². The van der Waals surface area contributed by atoms with E-state index in [0.29, 0.717) is 6.04 Å². The van der Waals surface area contributed by atoms with Gasteiger partial charge in [0, 0.05) is 28.5 Å². The minimum atomic E-state index is 0.664. The van der Waals surface area contributed by atoms with Crippen molar-refractivity contribution in [2.24, 2.45) is 0 Å². The van der Waals surface area contributed by atoms with Crippen LogP contribution in [-0.4, -0.2) is 30.6 Å². The molecule has 5 heteroatoms. The molecule has 2 nitrogen and oxygen atoms in total. The monoisotopic (exact) mass is 350 g/mol. The fourth-order valence-electron chi connectivity index (χ4n) is 2.39. The average Bonchev–Trinajstić information content (AvgIpc) is 2.69. The normalized spacial score (nSPS) is 20.6. The number of hydrogen-bond donors (Lipinski definition) is 1. The van der Waals surface area contributed by atoms with Gasteiger partial charge in [-0.25, -0.2) is 0 Å². The Labute approximate surface area is 127 Å². The summed E-state index contributed by atoms with van der Waals surface area (Å²) >= 11 is 11.2. The predicted molar refractivity (Wildman–Crippen MR) is 83.6 cm³/mol. The van der Waals surface area contributed by atoms with E-state index in [-0.39, 0.29) is 0 Å². The van der Waals surface area contributed by atoms with Gasteiger partial charge in [-0.3, -0.25) is 4.90 Å². The Hall–Kier alpha value is 0.390. The van der Waals surface area contributed by atoms with E-state index in [0.717, 1.165) is 28.4 Å². The highest BCUT2D eigenvalue weighted by Gasteiger charge is 2.16. The van der Waals surface area contributed by atoms with Gasteiger partial charge in [0.2, 0.25) is 0 Å². The standard InChI is InChI=1S/C13H20BrClN2S/c1-2-17(8-10-5-3-4-6-16-10)9-11-7-12(14)13(15)18-11/h7,10,16H,2-6,8-9H2,1H3. The van der Waals surface area contributed by atoms with Crippen LogP contribution in [0.1, 0.15) is 31.1 Å². The molecule has 1 unspecified atom stereocenters. The van der Waals surface area contributed by atoms with E-state index in [1.807, 2.05) is 0 Å². The molecule has 1 aromatic heterocycles. The molecule has 1 aliphatic rings. The van der Waals surface area contributed by atoms with Gasteiger partial charge in [0.05, 0.1) is 0 Å². The molecule has 1 atom stereocenters. The van der Waals surface area contributed by atoms with Crippen LogP contribution in [-0.2, 0) is 6.54 Å². The van der Waals surface area contributed by atoms with E-state index in [1.54, 1.807) is 11.3 Å². The number of rotatable bonds is 5. The van der Waals surface area contributed by atoms with Gasteiger partial charge in [0.1, 0.15) is 4.34 Å². The lowest BCUT2D eigenvalue weighted by molar-refractivity contribution is 0.228. The summed E-state index contributed by atoms with van der Waals surface area (Å²) < 4.78 is 1.88. The van der Waals surface area contributed by atoms with Gasteiger partial charge >= 0.3 is 0 Å². The molecule has 0 saturated carbocycles. The second-order valence-corrected chi connectivity index (χ2v) is 7.40. The maximum Gasteiger partial charge on any atom is 0.107 e. The Bertz CT molecular complexity index is 358. The van der Waals surface area contributed by atoms with Crippen LogP contribution < -0.4 is 5.32 Å². The van der Waals surface area contributed by atoms with Crippen LogP contribution in [0.5, 0.6) is 0 Å². The molecule has 0 amide bonds. The van der Waals surface area contributed by atoms with Crippen LogP contribution in [0.2, 0.25) is 4.34 Å². The molecule has 1 aliphatic heterocycles. The summed E-state index contributed by atoms with van der Waals surface area (Å²) in [6, 6.07) is 2.81. The van der Waals surface area contributed by atoms with E-state index >= 15 is 0 Å². The smallest absolute Gasteiger partial charge is 0.107 e. The van der Waals surface area contributed by atoms with Crippen molar-refractivity contribution in [3.63, 3.8) is 0 Å². The summed E-state index contributed by atoms with van der Waals surface area (Å²) in [7, 11) is 0. The molecule has 0 radical (unpaired) electrons. The summed E-state index contributed by atoms with van der Waals surface area (Å²) in [5, 5.41) is 3.61. The summed E-state index contributed by atoms with van der Waals surface area (Å²) in [5.41, 5.74) is 0. The van der Waals surface area contributed by atoms with Gasteiger partial charge < -0.3 is 5.32 Å². The molecule has 0 aliphatic carbocycles. The first kappa shape index (κ1) is 14.8. The van der Waals surface area contributed by atoms with Gasteiger partial charge in [-0.1, -0.05) is 24.9 Å². The Morgan fingerprint density at radius 1 is 1.56 bits per heavy atom. The third kappa shape index (κ3) is 4.20. The van der Waals surface area contributed by atoms with Crippen LogP contribution in [0.25, 0.3) is 0 Å². The summed E-state index contributed by atoms with van der Waals surface area (Å²) in [6.45, 7) is 6.64. The van der Waals surface area contributed by atoms with Crippen LogP contribution in [0.3, 0.4) is 0 Å². The van der Waals surface area contributed by atoms with Crippen LogP contribution in [0, 0.1) is 0 Å². The predicted octanol–water partition coefficient (Wildman–Crippen LogP) is 4.13. The van der Waals surface area contributed by atoms with E-state index < -0.39 is 0 Å². The minimum absolute atomic E-state index is 0.664. The van der Waals surface area contributed by atoms with Crippen molar-refractivity contribution in [2.45, 2.75) is 38.8 Å². The lowest BCUT2D eigenvalue weighted by Crippen LogP contribution is -2.43. The highest BCUT2D eigenvalue weighted by atomic mass is 79.9. The highest BCUT2D eigenvalue weighted by Crippen LogP contribution is 2.32. The van der Waals surface area contributed by atoms with Crippen molar-refractivity contribution in [2.75, 3.05) is 19.6 Å². The van der Waals surface area contributed by atoms with Gasteiger partial charge in [0.25, 0.3) is 0 Å². The molecule has 102 valence electrons. The van der Waals surface area contributed by atoms with Crippen LogP contribution in [0.15, 0.2) is 10.5 Å². The number of nitrogens with zero attached hydrogens (tertiary/aromatic N) is 1. The number of halogens is 2. The molecule has 2 heterocycles. The van der Waals surface area contributed by atoms with E-state index in [1.165, 1.54) is 30.7 Å². The lowest BCUT2D eigenvalue weighted by Gasteiger charge is -2.29. The van der Waals surface area contributed by atoms with Crippen LogP contribution >= 0.6 is 38.9 Å². The molecule has 0 bridgehead atoms. The number of hydrogen-bond acceptors (Lipinski definition) is 3. The average molecular weight is 352 g/mol. The third-order valence-corrected chi connectivity index (χ3v) is 5.87. The summed E-state index contributed by atoms with van der Waals surface area (Å²) in [6.07, 6.45) is 4.01. The zero-order valence-corrected chi connectivity index (χ0v) is 13.9. The molecular formula is C13H20BrClN2S. The topological polar surface area (TPSA) is 15.3 Å². The number of likely N-dealkylation sites (N-methyl/N-ethyl adjacent to an activating group) is 1. The molecule has 2 rings (SSSR count). The molecule has 0 aromatic carbocycles. The molecule has 18 heavy (non-hydrogen) atoms. The summed E-state index contributed by atoms with van der Waals surface area (Å²) in [5.74, 6) is 0. The molecule has 1 aromatic rings. The first-order valence-corrected chi connectivity index (χ1v) is 8.57. The largest absolute Gasteiger partial charge is 0.313 e. The van der Waals surface area contributed by atoms with Crippen molar-refractivity contribution >= 4 is 38.9 Å². The summed E-state index contributed by atoms with van der Waals surface area (Å²) in [4.78, 5) is 3.84. The highest BCUT2D eigenvalue weighted by molar-refractivity contribution is 9.10. The second-order valence-electron chi connectivity index (χ2n) is 4.81. The Morgan fingerprint density at radius 3 is 2.94 bits per heavy atom. The zero-order chi connectivity index (χ0) is 13.0. The molecule has 1 saturated heterocycles. The number of piperidine rings is 1. The maximum atomic E-state index is 6.09. The zero-order valence-electron chi connectivity index (χ0n) is 10.7. The van der Waals surface area contributed by atoms with Gasteiger partial charge in [-0.2, -0.15) is 0 Å². The number of thiophene rings is 1. The van der Waals surface area contributed by atoms with Crippen molar-refractivity contribution in [3.8, 4) is 0 Å². The van der Waals surface area contributed by atoms with Crippen molar-refractivity contribution in [1.82, 2.24) is 10.2 Å². The van der Waals surface area contributed by atoms with Gasteiger partial charge in [-0.15, -0.1) is 11.3 Å². The Kier molecular flexibility index (Phi) is 5.96. The molecule has 1 N–H and O–H groups in total. The second kappa shape index (κ2) is 7.25. The van der Waals surface area contributed by atoms with E-state index in [4.69, 9.17) is 11.6 Å². The fourth-order valence-corrected chi connectivity index (χ4v) is 4.22. The SMILES string of the molecule is CCN(Cc1cc(Br)c(Cl)s1)CC1CCCCN1. The molecule has 1 fully saturated rings. The van der Waals surface area contributed by atoms with E-state index in [2.05, 4.69) is 39.1 Å². The lowest BCUT2D eigenvalue weighted by atomic mass is 10.0. The fraction of sp³-hybridized carbons (Fsp3) is 0.692.